The van der Waals surface area contributed by atoms with Crippen molar-refractivity contribution in [2.75, 3.05) is 7.05 Å². The minimum Gasteiger partial charge on any atom is -0.317 e. The zero-order valence-corrected chi connectivity index (χ0v) is 12.6. The highest BCUT2D eigenvalue weighted by atomic mass is 35.5. The number of halogens is 1. The Labute approximate surface area is 118 Å². The first kappa shape index (κ1) is 12.9. The lowest BCUT2D eigenvalue weighted by molar-refractivity contribution is 0.0804. The van der Waals surface area contributed by atoms with Gasteiger partial charge in [-0.15, -0.1) is 11.3 Å². The van der Waals surface area contributed by atoms with E-state index >= 15 is 0 Å². The van der Waals surface area contributed by atoms with Gasteiger partial charge in [0.1, 0.15) is 0 Å². The number of rotatable bonds is 3. The molecule has 0 amide bonds. The SMILES string of the molecule is CNC1CC2CCC(C1)N2C(C)c1ccc(Cl)s1. The van der Waals surface area contributed by atoms with Crippen LogP contribution in [0.4, 0.5) is 0 Å². The Morgan fingerprint density at radius 2 is 2.00 bits per heavy atom. The Balaban J connectivity index is 1.77. The number of nitrogens with zero attached hydrogens (tertiary/aromatic N) is 1. The summed E-state index contributed by atoms with van der Waals surface area (Å²) in [5.74, 6) is 0. The normalized spacial score (nSPS) is 33.8. The molecule has 2 fully saturated rings. The first-order valence-corrected chi connectivity index (χ1v) is 8.08. The van der Waals surface area contributed by atoms with Crippen molar-refractivity contribution in [3.63, 3.8) is 0 Å². The number of hydrogen-bond donors (Lipinski definition) is 1. The van der Waals surface area contributed by atoms with Gasteiger partial charge in [0.2, 0.25) is 0 Å². The molecule has 0 aliphatic carbocycles. The van der Waals surface area contributed by atoms with E-state index in [1.807, 2.05) is 6.07 Å². The smallest absolute Gasteiger partial charge is 0.0931 e. The van der Waals surface area contributed by atoms with Crippen molar-refractivity contribution in [3.05, 3.63) is 21.3 Å². The summed E-state index contributed by atoms with van der Waals surface area (Å²) in [4.78, 5) is 4.16. The van der Waals surface area contributed by atoms with Crippen LogP contribution in [-0.4, -0.2) is 30.1 Å². The summed E-state index contributed by atoms with van der Waals surface area (Å²) in [5.41, 5.74) is 0. The van der Waals surface area contributed by atoms with Crippen LogP contribution in [0.1, 0.15) is 43.5 Å². The maximum Gasteiger partial charge on any atom is 0.0931 e. The fourth-order valence-corrected chi connectivity index (χ4v) is 4.90. The number of nitrogens with one attached hydrogen (secondary N) is 1. The van der Waals surface area contributed by atoms with E-state index in [0.29, 0.717) is 6.04 Å². The number of hydrogen-bond acceptors (Lipinski definition) is 3. The molecule has 18 heavy (non-hydrogen) atoms. The van der Waals surface area contributed by atoms with Gasteiger partial charge in [0.05, 0.1) is 4.34 Å². The lowest BCUT2D eigenvalue weighted by Gasteiger charge is -2.42. The molecule has 1 aromatic heterocycles. The highest BCUT2D eigenvalue weighted by Gasteiger charge is 2.42. The first-order chi connectivity index (χ1) is 8.69. The molecular weight excluding hydrogens is 264 g/mol. The average molecular weight is 285 g/mol. The van der Waals surface area contributed by atoms with Crippen LogP contribution in [0.25, 0.3) is 0 Å². The van der Waals surface area contributed by atoms with Crippen LogP contribution in [-0.2, 0) is 0 Å². The van der Waals surface area contributed by atoms with E-state index in [1.165, 1.54) is 30.6 Å². The summed E-state index contributed by atoms with van der Waals surface area (Å²) in [6, 6.07) is 6.99. The molecule has 2 aliphatic heterocycles. The van der Waals surface area contributed by atoms with Crippen molar-refractivity contribution in [2.45, 2.75) is 56.8 Å². The molecule has 3 unspecified atom stereocenters. The highest BCUT2D eigenvalue weighted by molar-refractivity contribution is 7.16. The van der Waals surface area contributed by atoms with E-state index in [4.69, 9.17) is 11.6 Å². The first-order valence-electron chi connectivity index (χ1n) is 6.89. The summed E-state index contributed by atoms with van der Waals surface area (Å²) in [6.07, 6.45) is 5.34. The molecule has 0 radical (unpaired) electrons. The maximum atomic E-state index is 6.07. The summed E-state index contributed by atoms with van der Waals surface area (Å²) in [7, 11) is 2.10. The van der Waals surface area contributed by atoms with Crippen molar-refractivity contribution >= 4 is 22.9 Å². The second kappa shape index (κ2) is 5.12. The third-order valence-corrected chi connectivity index (χ3v) is 6.05. The second-order valence-electron chi connectivity index (χ2n) is 5.61. The number of thiophene rings is 1. The van der Waals surface area contributed by atoms with Crippen molar-refractivity contribution in [3.8, 4) is 0 Å². The van der Waals surface area contributed by atoms with Gasteiger partial charge in [-0.3, -0.25) is 4.90 Å². The van der Waals surface area contributed by atoms with Crippen molar-refractivity contribution in [2.24, 2.45) is 0 Å². The Hall–Kier alpha value is -0.0900. The van der Waals surface area contributed by atoms with Gasteiger partial charge in [0.25, 0.3) is 0 Å². The Morgan fingerprint density at radius 3 is 2.50 bits per heavy atom. The minimum atomic E-state index is 0.526. The standard InChI is InChI=1S/C14H21ClN2S/c1-9(13-5-6-14(15)18-13)17-11-3-4-12(17)8-10(7-11)16-2/h5-6,9-12,16H,3-4,7-8H2,1-2H3. The van der Waals surface area contributed by atoms with E-state index in [9.17, 15) is 0 Å². The van der Waals surface area contributed by atoms with Gasteiger partial charge in [-0.2, -0.15) is 0 Å². The van der Waals surface area contributed by atoms with Crippen LogP contribution in [0.2, 0.25) is 4.34 Å². The predicted octanol–water partition coefficient (Wildman–Crippen LogP) is 3.68. The molecule has 0 aromatic carbocycles. The van der Waals surface area contributed by atoms with Gasteiger partial charge in [-0.25, -0.2) is 0 Å². The molecule has 1 aromatic rings. The molecule has 0 spiro atoms. The lowest BCUT2D eigenvalue weighted by atomic mass is 9.95. The zero-order chi connectivity index (χ0) is 12.7. The number of fused-ring (bicyclic) bond motifs is 2. The number of piperidine rings is 1. The van der Waals surface area contributed by atoms with Gasteiger partial charge in [-0.1, -0.05) is 11.6 Å². The highest BCUT2D eigenvalue weighted by Crippen LogP contribution is 2.43. The van der Waals surface area contributed by atoms with Gasteiger partial charge in [0.15, 0.2) is 0 Å². The average Bonchev–Trinajstić information content (AvgIpc) is 2.90. The molecule has 4 heteroatoms. The van der Waals surface area contributed by atoms with Gasteiger partial charge in [-0.05, 0) is 51.8 Å². The summed E-state index contributed by atoms with van der Waals surface area (Å²) < 4.78 is 0.911. The topological polar surface area (TPSA) is 15.3 Å². The predicted molar refractivity (Wildman–Crippen MR) is 78.5 cm³/mol. The van der Waals surface area contributed by atoms with Crippen molar-refractivity contribution < 1.29 is 0 Å². The zero-order valence-electron chi connectivity index (χ0n) is 11.0. The van der Waals surface area contributed by atoms with E-state index in [0.717, 1.165) is 22.5 Å². The minimum absolute atomic E-state index is 0.526. The fraction of sp³-hybridized carbons (Fsp3) is 0.714. The molecule has 2 bridgehead atoms. The second-order valence-corrected chi connectivity index (χ2v) is 7.35. The van der Waals surface area contributed by atoms with Crippen LogP contribution < -0.4 is 5.32 Å². The molecule has 100 valence electrons. The van der Waals surface area contributed by atoms with Gasteiger partial charge >= 0.3 is 0 Å². The van der Waals surface area contributed by atoms with Crippen molar-refractivity contribution in [1.82, 2.24) is 10.2 Å². The van der Waals surface area contributed by atoms with Crippen LogP contribution in [0.5, 0.6) is 0 Å². The molecule has 2 nitrogen and oxygen atoms in total. The molecule has 1 N–H and O–H groups in total. The van der Waals surface area contributed by atoms with Gasteiger partial charge < -0.3 is 5.32 Å². The molecule has 3 heterocycles. The summed E-state index contributed by atoms with van der Waals surface area (Å²) in [5, 5.41) is 3.46. The van der Waals surface area contributed by atoms with E-state index < -0.39 is 0 Å². The lowest BCUT2D eigenvalue weighted by Crippen LogP contribution is -2.48. The fourth-order valence-electron chi connectivity index (χ4n) is 3.78. The van der Waals surface area contributed by atoms with Crippen LogP contribution in [0, 0.1) is 0 Å². The van der Waals surface area contributed by atoms with Crippen LogP contribution in [0.3, 0.4) is 0 Å². The molecular formula is C14H21ClN2S. The van der Waals surface area contributed by atoms with Gasteiger partial charge in [0, 0.05) is 29.0 Å². The van der Waals surface area contributed by atoms with E-state index in [1.54, 1.807) is 11.3 Å². The molecule has 2 saturated heterocycles. The summed E-state index contributed by atoms with van der Waals surface area (Å²) >= 11 is 7.80. The third-order valence-electron chi connectivity index (χ3n) is 4.65. The Morgan fingerprint density at radius 1 is 1.33 bits per heavy atom. The maximum absolute atomic E-state index is 6.07. The van der Waals surface area contributed by atoms with E-state index in [2.05, 4.69) is 30.3 Å². The largest absolute Gasteiger partial charge is 0.317 e. The third kappa shape index (κ3) is 2.22. The molecule has 0 saturated carbocycles. The van der Waals surface area contributed by atoms with Crippen LogP contribution >= 0.6 is 22.9 Å². The van der Waals surface area contributed by atoms with E-state index in [-0.39, 0.29) is 0 Å². The van der Waals surface area contributed by atoms with Crippen LogP contribution in [0.15, 0.2) is 12.1 Å². The Kier molecular flexibility index (Phi) is 3.68. The van der Waals surface area contributed by atoms with Crippen molar-refractivity contribution in [1.29, 1.82) is 0 Å². The summed E-state index contributed by atoms with van der Waals surface area (Å²) in [6.45, 7) is 2.34. The molecule has 3 rings (SSSR count). The quantitative estimate of drug-likeness (QED) is 0.911. The molecule has 2 aliphatic rings. The molecule has 3 atom stereocenters. The monoisotopic (exact) mass is 284 g/mol. The Bertz CT molecular complexity index is 406.